The molecule has 2 aromatic carbocycles. The summed E-state index contributed by atoms with van der Waals surface area (Å²) in [6, 6.07) is 17.8. The number of carbonyl (C=O) groups is 1. The zero-order chi connectivity index (χ0) is 17.4. The molecular formula is C20H25NO3. The molecule has 0 saturated carbocycles. The van der Waals surface area contributed by atoms with Gasteiger partial charge in [0.2, 0.25) is 0 Å². The van der Waals surface area contributed by atoms with Crippen molar-refractivity contribution in [3.05, 3.63) is 60.2 Å². The van der Waals surface area contributed by atoms with E-state index in [2.05, 4.69) is 12.1 Å². The molecule has 4 heteroatoms. The van der Waals surface area contributed by atoms with Gasteiger partial charge in [-0.05, 0) is 29.5 Å². The number of unbranched alkanes of at least 4 members (excludes halogenated alkanes) is 1. The summed E-state index contributed by atoms with van der Waals surface area (Å²) < 4.78 is 0. The first kappa shape index (κ1) is 18.0. The Labute approximate surface area is 143 Å². The highest BCUT2D eigenvalue weighted by Gasteiger charge is 2.22. The van der Waals surface area contributed by atoms with Crippen molar-refractivity contribution in [3.8, 4) is 11.1 Å². The first-order chi connectivity index (χ1) is 11.7. The Morgan fingerprint density at radius 3 is 2.21 bits per heavy atom. The van der Waals surface area contributed by atoms with Crippen LogP contribution < -0.4 is 0 Å². The van der Waals surface area contributed by atoms with E-state index >= 15 is 0 Å². The fraction of sp³-hybridized carbons (Fsp3) is 0.350. The first-order valence-electron chi connectivity index (χ1n) is 8.40. The lowest BCUT2D eigenvalue weighted by molar-refractivity contribution is 0.0965. The summed E-state index contributed by atoms with van der Waals surface area (Å²) in [6.45, 7) is 2.31. The van der Waals surface area contributed by atoms with Crippen LogP contribution in [0.3, 0.4) is 0 Å². The van der Waals surface area contributed by atoms with Crippen LogP contribution in [0.15, 0.2) is 54.6 Å². The van der Waals surface area contributed by atoms with Crippen LogP contribution in [-0.2, 0) is 6.42 Å². The lowest BCUT2D eigenvalue weighted by Gasteiger charge is -2.28. The Morgan fingerprint density at radius 2 is 1.67 bits per heavy atom. The summed E-state index contributed by atoms with van der Waals surface area (Å²) in [5.74, 6) is 0. The molecule has 1 unspecified atom stereocenters. The van der Waals surface area contributed by atoms with Crippen LogP contribution in [0.2, 0.25) is 0 Å². The second-order valence-electron chi connectivity index (χ2n) is 5.93. The van der Waals surface area contributed by atoms with E-state index in [9.17, 15) is 15.0 Å². The quantitative estimate of drug-likeness (QED) is 0.769. The second kappa shape index (κ2) is 9.08. The number of hydrogen-bond donors (Lipinski definition) is 2. The van der Waals surface area contributed by atoms with Gasteiger partial charge in [-0.2, -0.15) is 0 Å². The Hall–Kier alpha value is -2.33. The summed E-state index contributed by atoms with van der Waals surface area (Å²) in [5.41, 5.74) is 3.30. The van der Waals surface area contributed by atoms with E-state index in [0.29, 0.717) is 13.0 Å². The van der Waals surface area contributed by atoms with Gasteiger partial charge in [-0.3, -0.25) is 0 Å². The lowest BCUT2D eigenvalue weighted by Crippen LogP contribution is -2.43. The van der Waals surface area contributed by atoms with E-state index in [4.69, 9.17) is 0 Å². The molecule has 2 N–H and O–H groups in total. The fourth-order valence-corrected chi connectivity index (χ4v) is 2.77. The zero-order valence-corrected chi connectivity index (χ0v) is 14.1. The molecule has 0 fully saturated rings. The van der Waals surface area contributed by atoms with Crippen LogP contribution in [0.1, 0.15) is 25.3 Å². The maximum atomic E-state index is 11.4. The third-order valence-electron chi connectivity index (χ3n) is 4.18. The van der Waals surface area contributed by atoms with Crippen LogP contribution in [0.5, 0.6) is 0 Å². The van der Waals surface area contributed by atoms with Gasteiger partial charge >= 0.3 is 6.09 Å². The Bertz CT molecular complexity index is 625. The van der Waals surface area contributed by atoms with Gasteiger partial charge < -0.3 is 15.1 Å². The van der Waals surface area contributed by atoms with E-state index in [1.165, 1.54) is 4.90 Å². The number of rotatable bonds is 8. The standard InChI is InChI=1S/C20H25NO3/c1-2-3-13-21(20(23)24)19(15-22)14-16-9-11-18(12-10-16)17-7-5-4-6-8-17/h4-12,19,22H,2-3,13-15H2,1H3,(H,23,24). The summed E-state index contributed by atoms with van der Waals surface area (Å²) in [7, 11) is 0. The van der Waals surface area contributed by atoms with Gasteiger partial charge in [0.15, 0.2) is 0 Å². The Kier molecular flexibility index (Phi) is 6.82. The molecule has 0 aliphatic carbocycles. The molecule has 2 aromatic rings. The summed E-state index contributed by atoms with van der Waals surface area (Å²) in [6.07, 6.45) is 1.27. The molecule has 0 radical (unpaired) electrons. The molecule has 4 nitrogen and oxygen atoms in total. The van der Waals surface area contributed by atoms with E-state index in [0.717, 1.165) is 29.5 Å². The topological polar surface area (TPSA) is 60.8 Å². The van der Waals surface area contributed by atoms with Crippen molar-refractivity contribution in [1.82, 2.24) is 4.90 Å². The van der Waals surface area contributed by atoms with Crippen molar-refractivity contribution in [2.75, 3.05) is 13.2 Å². The number of aliphatic hydroxyl groups is 1. The minimum absolute atomic E-state index is 0.170. The van der Waals surface area contributed by atoms with Crippen LogP contribution in [0.4, 0.5) is 4.79 Å². The van der Waals surface area contributed by atoms with Gasteiger partial charge in [-0.25, -0.2) is 4.79 Å². The number of amides is 1. The van der Waals surface area contributed by atoms with Crippen molar-refractivity contribution < 1.29 is 15.0 Å². The average molecular weight is 327 g/mol. The number of aliphatic hydroxyl groups excluding tert-OH is 1. The predicted octanol–water partition coefficient (Wildman–Crippen LogP) is 4.04. The van der Waals surface area contributed by atoms with Gasteiger partial charge in [-0.15, -0.1) is 0 Å². The number of benzene rings is 2. The fourth-order valence-electron chi connectivity index (χ4n) is 2.77. The van der Waals surface area contributed by atoms with Crippen molar-refractivity contribution in [2.45, 2.75) is 32.2 Å². The molecule has 0 aromatic heterocycles. The highest BCUT2D eigenvalue weighted by Crippen LogP contribution is 2.20. The van der Waals surface area contributed by atoms with Gasteiger partial charge in [-0.1, -0.05) is 67.9 Å². The summed E-state index contributed by atoms with van der Waals surface area (Å²) in [4.78, 5) is 12.8. The molecule has 0 spiro atoms. The van der Waals surface area contributed by atoms with E-state index < -0.39 is 12.1 Å². The van der Waals surface area contributed by atoms with Crippen molar-refractivity contribution >= 4 is 6.09 Å². The second-order valence-corrected chi connectivity index (χ2v) is 5.93. The third kappa shape index (κ3) is 4.83. The molecule has 0 saturated heterocycles. The molecule has 1 atom stereocenters. The molecule has 128 valence electrons. The third-order valence-corrected chi connectivity index (χ3v) is 4.18. The van der Waals surface area contributed by atoms with Crippen LogP contribution in [0.25, 0.3) is 11.1 Å². The number of hydrogen-bond acceptors (Lipinski definition) is 2. The highest BCUT2D eigenvalue weighted by atomic mass is 16.4. The van der Waals surface area contributed by atoms with Gasteiger partial charge in [0.25, 0.3) is 0 Å². The molecule has 0 heterocycles. The van der Waals surface area contributed by atoms with Crippen molar-refractivity contribution in [1.29, 1.82) is 0 Å². The summed E-state index contributed by atoms with van der Waals surface area (Å²) >= 11 is 0. The van der Waals surface area contributed by atoms with E-state index in [-0.39, 0.29) is 6.61 Å². The maximum absolute atomic E-state index is 11.4. The summed E-state index contributed by atoms with van der Waals surface area (Å²) in [5, 5.41) is 19.0. The normalized spacial score (nSPS) is 11.9. The highest BCUT2D eigenvalue weighted by molar-refractivity contribution is 5.66. The molecular weight excluding hydrogens is 302 g/mol. The predicted molar refractivity (Wildman–Crippen MR) is 96.1 cm³/mol. The molecule has 24 heavy (non-hydrogen) atoms. The molecule has 2 rings (SSSR count). The molecule has 0 aliphatic rings. The monoisotopic (exact) mass is 327 g/mol. The van der Waals surface area contributed by atoms with Gasteiger partial charge in [0.05, 0.1) is 12.6 Å². The van der Waals surface area contributed by atoms with E-state index in [1.807, 2.05) is 49.4 Å². The minimum Gasteiger partial charge on any atom is -0.465 e. The molecule has 0 aliphatic heterocycles. The maximum Gasteiger partial charge on any atom is 0.407 e. The van der Waals surface area contributed by atoms with Gasteiger partial charge in [0, 0.05) is 6.54 Å². The van der Waals surface area contributed by atoms with Gasteiger partial charge in [0.1, 0.15) is 0 Å². The largest absolute Gasteiger partial charge is 0.465 e. The van der Waals surface area contributed by atoms with Crippen LogP contribution in [0, 0.1) is 0 Å². The minimum atomic E-state index is -0.969. The molecule has 0 bridgehead atoms. The molecule has 1 amide bonds. The van der Waals surface area contributed by atoms with Crippen molar-refractivity contribution in [3.63, 3.8) is 0 Å². The van der Waals surface area contributed by atoms with Crippen LogP contribution >= 0.6 is 0 Å². The van der Waals surface area contributed by atoms with Crippen molar-refractivity contribution in [2.24, 2.45) is 0 Å². The van der Waals surface area contributed by atoms with Crippen LogP contribution in [-0.4, -0.2) is 40.4 Å². The smallest absolute Gasteiger partial charge is 0.407 e. The first-order valence-corrected chi connectivity index (χ1v) is 8.40. The number of nitrogens with zero attached hydrogens (tertiary/aromatic N) is 1. The zero-order valence-electron chi connectivity index (χ0n) is 14.1. The number of carboxylic acid groups (broad SMARTS) is 1. The van der Waals surface area contributed by atoms with E-state index in [1.54, 1.807) is 0 Å². The Balaban J connectivity index is 2.08. The average Bonchev–Trinajstić information content (AvgIpc) is 2.62. The SMILES string of the molecule is CCCCN(C(=O)O)C(CO)Cc1ccc(-c2ccccc2)cc1. The Morgan fingerprint density at radius 1 is 1.04 bits per heavy atom. The lowest BCUT2D eigenvalue weighted by atomic mass is 10.0.